The van der Waals surface area contributed by atoms with Gasteiger partial charge in [-0.05, 0) is 6.92 Å². The van der Waals surface area contributed by atoms with E-state index in [-0.39, 0.29) is 0 Å². The van der Waals surface area contributed by atoms with Crippen LogP contribution in [-0.2, 0) is 104 Å². The van der Waals surface area contributed by atoms with Crippen molar-refractivity contribution in [2.24, 2.45) is 0 Å². The summed E-state index contributed by atoms with van der Waals surface area (Å²) in [6.45, 7) is -2.37. The number of amides is 5. The van der Waals surface area contributed by atoms with Gasteiger partial charge in [-0.1, -0.05) is 0 Å². The number of nitrogens with one attached hydrogen (secondary N) is 5. The first kappa shape index (κ1) is 93.6. The van der Waals surface area contributed by atoms with Crippen molar-refractivity contribution in [1.29, 1.82) is 0 Å². The highest BCUT2D eigenvalue weighted by Crippen LogP contribution is 2.40. The standard InChI is InChI=1S/C64H107N5O45/c1-15-34(81)45(92)48(95)61(100-15)98-14-28-52(42(89)29(56(97)101-28)65-16(2)76)110-59-32(68-19(5)79)44(91)51(26(12-75)106-59)111-62-49(96)53(39(86)27(108-62)13-99-63-54(46(93)37(84)23(9-72)104-63)113-58-31(67-18(4)78)41(88)36(83)22(8-71)103-58)112-64-55(47(94)38(85)24(10-73)105-64)114-60-33(69-20(6)80)43(90)50(25(11-74)107-60)109-57-30(66-17(3)77)40(87)35(82)21(7-70)102-57/h15,21-64,70-75,81-97H,7-14H2,1-6H3,(H,65,76)(H,66,77)(H,67,78)(H,68,79)(H,69,80)/t15-,21-,22-,23-,24-,25-,26-,27-,28-,29-,30-,31-,32-,33-,34+,35+,36-,37-,38-,39-,40-,41-,42-,43-,44-,45+,46+,47+,48-,49+,50-,51-,52-,53+,54+,55+,56-,57+,58+,59+,60+,61+,62+,63+,64-/m1/s1. The molecule has 0 aromatic heterocycles. The van der Waals surface area contributed by atoms with Gasteiger partial charge in [-0.15, -0.1) is 0 Å². The number of aliphatic hydroxyl groups excluding tert-OH is 23. The molecule has 9 saturated heterocycles. The number of hydrogen-bond donors (Lipinski definition) is 28. The molecule has 9 heterocycles. The molecular formula is C64H107N5O45. The Bertz CT molecular complexity index is 3080. The van der Waals surface area contributed by atoms with E-state index < -0.39 is 358 Å². The van der Waals surface area contributed by atoms with Crippen LogP contribution in [0.2, 0.25) is 0 Å². The van der Waals surface area contributed by atoms with E-state index in [0.717, 1.165) is 34.6 Å². The van der Waals surface area contributed by atoms with Gasteiger partial charge < -0.3 is 225 Å². The van der Waals surface area contributed by atoms with Gasteiger partial charge in [0.15, 0.2) is 56.6 Å². The number of aliphatic hydroxyl groups is 23. The van der Waals surface area contributed by atoms with Gasteiger partial charge in [-0.3, -0.25) is 24.0 Å². The van der Waals surface area contributed by atoms with E-state index in [1.54, 1.807) is 0 Å². The first-order chi connectivity index (χ1) is 53.8. The lowest BCUT2D eigenvalue weighted by Crippen LogP contribution is -2.71. The smallest absolute Gasteiger partial charge is 0.217 e. The van der Waals surface area contributed by atoms with Gasteiger partial charge in [0.05, 0.1) is 59.0 Å². The Hall–Kier alpha value is -4.25. The summed E-state index contributed by atoms with van der Waals surface area (Å²) in [6.07, 6.45) is -81.2. The molecule has 658 valence electrons. The lowest BCUT2D eigenvalue weighted by atomic mass is 9.93. The second-order valence-corrected chi connectivity index (χ2v) is 28.9. The Labute approximate surface area is 646 Å². The molecule has 28 N–H and O–H groups in total. The fraction of sp³-hybridized carbons (Fsp3) is 0.922. The molecule has 0 spiro atoms. The Balaban J connectivity index is 1.06. The van der Waals surface area contributed by atoms with Crippen LogP contribution in [0.5, 0.6) is 0 Å². The molecule has 0 unspecified atom stereocenters. The van der Waals surface area contributed by atoms with Crippen LogP contribution in [0.25, 0.3) is 0 Å². The molecule has 9 aliphatic rings. The topological polar surface area (TPSA) is 768 Å². The van der Waals surface area contributed by atoms with Crippen molar-refractivity contribution < 1.29 is 222 Å². The molecule has 50 heteroatoms. The molecule has 9 aliphatic heterocycles. The third kappa shape index (κ3) is 21.0. The molecule has 114 heavy (non-hydrogen) atoms. The molecule has 0 radical (unpaired) electrons. The highest BCUT2D eigenvalue weighted by Gasteiger charge is 2.61. The van der Waals surface area contributed by atoms with Crippen molar-refractivity contribution in [3.63, 3.8) is 0 Å². The number of carbonyl (C=O) groups is 5. The third-order valence-electron chi connectivity index (χ3n) is 20.7. The maximum atomic E-state index is 13.2. The van der Waals surface area contributed by atoms with Crippen LogP contribution in [0, 0.1) is 0 Å². The van der Waals surface area contributed by atoms with E-state index in [9.17, 15) is 141 Å². The summed E-state index contributed by atoms with van der Waals surface area (Å²) < 4.78 is 102. The van der Waals surface area contributed by atoms with E-state index >= 15 is 0 Å². The summed E-state index contributed by atoms with van der Waals surface area (Å²) in [5, 5.41) is 269. The minimum absolute atomic E-state index is 0.806. The maximum Gasteiger partial charge on any atom is 0.217 e. The van der Waals surface area contributed by atoms with E-state index in [2.05, 4.69) is 26.6 Å². The lowest BCUT2D eigenvalue weighted by molar-refractivity contribution is -0.398. The quantitative estimate of drug-likeness (QED) is 0.0331. The highest BCUT2D eigenvalue weighted by atomic mass is 16.8. The molecule has 9 fully saturated rings. The zero-order valence-corrected chi connectivity index (χ0v) is 61.9. The number of rotatable bonds is 29. The Morgan fingerprint density at radius 1 is 0.246 bits per heavy atom. The van der Waals surface area contributed by atoms with Gasteiger partial charge in [0.2, 0.25) is 29.5 Å². The molecular weight excluding hydrogens is 1560 g/mol. The highest BCUT2D eigenvalue weighted by molar-refractivity contribution is 5.75. The molecule has 0 bridgehead atoms. The molecule has 50 nitrogen and oxygen atoms in total. The summed E-state index contributed by atoms with van der Waals surface area (Å²) in [6, 6.07) is -9.09. The average molecular weight is 1670 g/mol. The zero-order valence-electron chi connectivity index (χ0n) is 61.9. The molecule has 9 rings (SSSR count). The van der Waals surface area contributed by atoms with Gasteiger partial charge in [0.1, 0.15) is 213 Å². The van der Waals surface area contributed by atoms with Gasteiger partial charge in [-0.2, -0.15) is 0 Å². The molecule has 0 saturated carbocycles. The van der Waals surface area contributed by atoms with Gasteiger partial charge in [-0.25, -0.2) is 0 Å². The van der Waals surface area contributed by atoms with Crippen molar-refractivity contribution in [2.45, 2.75) is 318 Å². The first-order valence-corrected chi connectivity index (χ1v) is 36.5. The van der Waals surface area contributed by atoms with Crippen LogP contribution in [-0.4, -0.2) is 476 Å². The summed E-state index contributed by atoms with van der Waals surface area (Å²) in [5.41, 5.74) is 0. The van der Waals surface area contributed by atoms with Crippen molar-refractivity contribution in [3.05, 3.63) is 0 Å². The SMILES string of the molecule is CC(=O)N[C@@H]1[C@@H](O)[C@H](O[C@@H]2O[C@H](CO)[C@@H](O[C@@H]3O[C@H](CO[C@H]4O[C@H](CO)[C@@H](O)[C@H](O)[C@@H]4O[C@@H]4O[C@H](CO)[C@@H](O)[C@H](O)[C@H]4NC(C)=O)[C@@H](O)[C@H](O[C@H]4O[C@H](CO)[C@@H](O)[C@H](O)[C@@H]4O[C@@H]4O[C@H](CO)[C@@H](O[C@@H]5O[C@H](CO)[C@H](O)[C@H](O)[C@H]5NC(C)=O)[C@H](O)[C@H]4NC(C)=O)[C@@H]3O)[C@H](O)[C@H]2NC(C)=O)[C@@H](CO[C@H]2O[C@H](C)[C@H](O)[C@H](O)[C@H]2O)O[C@H]1O. The van der Waals surface area contributed by atoms with E-state index in [1.165, 1.54) is 6.92 Å². The van der Waals surface area contributed by atoms with Crippen LogP contribution in [0.4, 0.5) is 0 Å². The molecule has 0 aromatic carbocycles. The van der Waals surface area contributed by atoms with Crippen molar-refractivity contribution in [2.75, 3.05) is 52.9 Å². The summed E-state index contributed by atoms with van der Waals surface area (Å²) in [7, 11) is 0. The van der Waals surface area contributed by atoms with Crippen molar-refractivity contribution in [1.82, 2.24) is 26.6 Å². The molecule has 45 atom stereocenters. The van der Waals surface area contributed by atoms with E-state index in [1.807, 2.05) is 0 Å². The Morgan fingerprint density at radius 3 is 0.956 bits per heavy atom. The molecule has 0 aliphatic carbocycles. The number of ether oxygens (including phenoxy) is 17. The fourth-order valence-electron chi connectivity index (χ4n) is 14.7. The minimum Gasteiger partial charge on any atom is -0.394 e. The third-order valence-corrected chi connectivity index (χ3v) is 20.7. The average Bonchev–Trinajstić information content (AvgIpc) is 0.776. The Morgan fingerprint density at radius 2 is 0.544 bits per heavy atom. The zero-order chi connectivity index (χ0) is 84.1. The summed E-state index contributed by atoms with van der Waals surface area (Å²) in [4.78, 5) is 63.5. The second-order valence-electron chi connectivity index (χ2n) is 28.9. The van der Waals surface area contributed by atoms with Gasteiger partial charge >= 0.3 is 0 Å². The number of hydrogen-bond acceptors (Lipinski definition) is 45. The lowest BCUT2D eigenvalue weighted by Gasteiger charge is -2.51. The Kier molecular flexibility index (Phi) is 33.6. The van der Waals surface area contributed by atoms with Crippen LogP contribution in [0.1, 0.15) is 41.5 Å². The molecule has 0 aromatic rings. The summed E-state index contributed by atoms with van der Waals surface area (Å²) in [5.74, 6) is -4.41. The monoisotopic (exact) mass is 1670 g/mol. The van der Waals surface area contributed by atoms with E-state index in [0.29, 0.717) is 0 Å². The van der Waals surface area contributed by atoms with Crippen molar-refractivity contribution in [3.8, 4) is 0 Å². The normalized spacial score (nSPS) is 48.2. The van der Waals surface area contributed by atoms with Crippen LogP contribution in [0.3, 0.4) is 0 Å². The number of carbonyl (C=O) groups excluding carboxylic acids is 5. The van der Waals surface area contributed by atoms with Crippen LogP contribution < -0.4 is 26.6 Å². The maximum absolute atomic E-state index is 13.2. The van der Waals surface area contributed by atoms with Gasteiger partial charge in [0.25, 0.3) is 0 Å². The van der Waals surface area contributed by atoms with Gasteiger partial charge in [0, 0.05) is 34.6 Å². The predicted octanol–water partition coefficient (Wildman–Crippen LogP) is -18.9. The van der Waals surface area contributed by atoms with Crippen LogP contribution >= 0.6 is 0 Å². The second kappa shape index (κ2) is 40.9. The fourth-order valence-corrected chi connectivity index (χ4v) is 14.7. The van der Waals surface area contributed by atoms with Crippen LogP contribution in [0.15, 0.2) is 0 Å². The van der Waals surface area contributed by atoms with E-state index in [4.69, 9.17) is 80.5 Å². The predicted molar refractivity (Wildman–Crippen MR) is 354 cm³/mol. The first-order valence-electron chi connectivity index (χ1n) is 36.5. The van der Waals surface area contributed by atoms with Crippen molar-refractivity contribution >= 4 is 29.5 Å². The largest absolute Gasteiger partial charge is 0.394 e. The molecule has 5 amide bonds. The minimum atomic E-state index is -2.58. The summed E-state index contributed by atoms with van der Waals surface area (Å²) >= 11 is 0.